The van der Waals surface area contributed by atoms with Gasteiger partial charge in [-0.15, -0.1) is 24.2 Å². The van der Waals surface area contributed by atoms with E-state index in [1.807, 2.05) is 12.1 Å². The molecule has 0 aliphatic rings. The molecule has 2 aromatic carbocycles. The Bertz CT molecular complexity index is 807. The van der Waals surface area contributed by atoms with Gasteiger partial charge in [-0.2, -0.15) is 0 Å². The van der Waals surface area contributed by atoms with Gasteiger partial charge in [-0.05, 0) is 30.3 Å². The van der Waals surface area contributed by atoms with Gasteiger partial charge in [-0.3, -0.25) is 0 Å². The molecule has 0 aliphatic carbocycles. The second kappa shape index (κ2) is 3.67. The average molecular weight is 232 g/mol. The number of terminal acetylenes is 2. The normalized spacial score (nSPS) is 10.2. The molecule has 0 fully saturated rings. The minimum atomic E-state index is 0.915. The maximum Gasteiger partial charge on any atom is 0.0367 e. The highest BCUT2D eigenvalue weighted by atomic mass is 32.1. The number of benzene rings is 2. The third-order valence-corrected chi connectivity index (χ3v) is 3.94. The summed E-state index contributed by atoms with van der Waals surface area (Å²) in [5.74, 6) is 5.33. The van der Waals surface area contributed by atoms with Crippen LogP contribution in [0.15, 0.2) is 36.4 Å². The third kappa shape index (κ3) is 1.49. The molecule has 17 heavy (non-hydrogen) atoms. The second-order valence-corrected chi connectivity index (χ2v) is 4.90. The smallest absolute Gasteiger partial charge is 0.0367 e. The maximum atomic E-state index is 5.43. The van der Waals surface area contributed by atoms with Crippen molar-refractivity contribution >= 4 is 31.5 Å². The van der Waals surface area contributed by atoms with Crippen LogP contribution in [0.1, 0.15) is 11.1 Å². The van der Waals surface area contributed by atoms with Crippen LogP contribution < -0.4 is 0 Å². The minimum Gasteiger partial charge on any atom is -0.135 e. The molecular formula is C16H8S. The molecule has 1 heteroatoms. The van der Waals surface area contributed by atoms with Crippen LogP contribution in [0.3, 0.4) is 0 Å². The van der Waals surface area contributed by atoms with Gasteiger partial charge < -0.3 is 0 Å². The summed E-state index contributed by atoms with van der Waals surface area (Å²) in [6, 6.07) is 12.2. The van der Waals surface area contributed by atoms with Crippen molar-refractivity contribution in [3.05, 3.63) is 47.5 Å². The van der Waals surface area contributed by atoms with E-state index in [-0.39, 0.29) is 0 Å². The molecule has 3 rings (SSSR count). The first kappa shape index (κ1) is 9.97. The van der Waals surface area contributed by atoms with Crippen molar-refractivity contribution in [3.63, 3.8) is 0 Å². The topological polar surface area (TPSA) is 0 Å². The number of rotatable bonds is 0. The Morgan fingerprint density at radius 2 is 1.47 bits per heavy atom. The molecule has 0 N–H and O–H groups in total. The van der Waals surface area contributed by atoms with Gasteiger partial charge in [-0.25, -0.2) is 0 Å². The van der Waals surface area contributed by atoms with Crippen LogP contribution in [-0.2, 0) is 0 Å². The highest BCUT2D eigenvalue weighted by Gasteiger charge is 2.05. The maximum absolute atomic E-state index is 5.43. The summed E-state index contributed by atoms with van der Waals surface area (Å²) < 4.78 is 2.46. The Labute approximate surface area is 104 Å². The van der Waals surface area contributed by atoms with Gasteiger partial charge in [0.25, 0.3) is 0 Å². The van der Waals surface area contributed by atoms with E-state index in [1.54, 1.807) is 11.3 Å². The number of thiophene rings is 1. The summed E-state index contributed by atoms with van der Waals surface area (Å²) in [6.07, 6.45) is 10.8. The monoisotopic (exact) mass is 232 g/mol. The summed E-state index contributed by atoms with van der Waals surface area (Å²) in [5, 5.41) is 2.44. The van der Waals surface area contributed by atoms with E-state index in [9.17, 15) is 0 Å². The Kier molecular flexibility index (Phi) is 2.15. The zero-order valence-electron chi connectivity index (χ0n) is 9.03. The molecule has 3 aromatic rings. The largest absolute Gasteiger partial charge is 0.135 e. The molecule has 1 aromatic heterocycles. The molecule has 0 saturated heterocycles. The quantitative estimate of drug-likeness (QED) is 0.514. The fourth-order valence-electron chi connectivity index (χ4n) is 1.96. The van der Waals surface area contributed by atoms with Crippen molar-refractivity contribution < 1.29 is 0 Å². The molecule has 0 bridgehead atoms. The van der Waals surface area contributed by atoms with E-state index in [0.29, 0.717) is 0 Å². The number of hydrogen-bond donors (Lipinski definition) is 0. The molecule has 0 unspecified atom stereocenters. The lowest BCUT2D eigenvalue weighted by atomic mass is 10.1. The van der Waals surface area contributed by atoms with E-state index < -0.39 is 0 Å². The highest BCUT2D eigenvalue weighted by molar-refractivity contribution is 7.25. The molecule has 0 amide bonds. The zero-order chi connectivity index (χ0) is 11.8. The van der Waals surface area contributed by atoms with Crippen LogP contribution in [0.5, 0.6) is 0 Å². The first-order valence-corrected chi connectivity index (χ1v) is 6.03. The molecule has 0 atom stereocenters. The van der Waals surface area contributed by atoms with Gasteiger partial charge in [0, 0.05) is 31.3 Å². The SMILES string of the molecule is C#Cc1ccc2c(c1)sc1ccc(C#C)cc12. The lowest BCUT2D eigenvalue weighted by Crippen LogP contribution is -1.73. The van der Waals surface area contributed by atoms with Gasteiger partial charge in [0.05, 0.1) is 0 Å². The zero-order valence-corrected chi connectivity index (χ0v) is 9.84. The van der Waals surface area contributed by atoms with Crippen LogP contribution in [0.2, 0.25) is 0 Å². The van der Waals surface area contributed by atoms with Gasteiger partial charge in [0.2, 0.25) is 0 Å². The molecule has 0 radical (unpaired) electrons. The third-order valence-electron chi connectivity index (χ3n) is 2.80. The second-order valence-electron chi connectivity index (χ2n) is 3.81. The fraction of sp³-hybridized carbons (Fsp3) is 0. The Morgan fingerprint density at radius 1 is 0.765 bits per heavy atom. The van der Waals surface area contributed by atoms with Crippen molar-refractivity contribution in [2.24, 2.45) is 0 Å². The van der Waals surface area contributed by atoms with Crippen molar-refractivity contribution in [1.82, 2.24) is 0 Å². The van der Waals surface area contributed by atoms with E-state index in [4.69, 9.17) is 12.8 Å². The van der Waals surface area contributed by atoms with Crippen LogP contribution >= 0.6 is 11.3 Å². The van der Waals surface area contributed by atoms with E-state index in [0.717, 1.165) is 11.1 Å². The lowest BCUT2D eigenvalue weighted by Gasteiger charge is -1.94. The average Bonchev–Trinajstić information content (AvgIpc) is 2.74. The molecule has 0 nitrogen and oxygen atoms in total. The standard InChI is InChI=1S/C16H8S/c1-3-11-6-8-15-14(9-11)13-7-5-12(4-2)10-16(13)17-15/h1-2,5-10H. The lowest BCUT2D eigenvalue weighted by molar-refractivity contribution is 1.74. The van der Waals surface area contributed by atoms with E-state index in [1.165, 1.54) is 20.2 Å². The van der Waals surface area contributed by atoms with Crippen LogP contribution in [0.25, 0.3) is 20.2 Å². The van der Waals surface area contributed by atoms with Crippen molar-refractivity contribution in [3.8, 4) is 24.7 Å². The predicted molar refractivity (Wildman–Crippen MR) is 75.2 cm³/mol. The van der Waals surface area contributed by atoms with E-state index >= 15 is 0 Å². The summed E-state index contributed by atoms with van der Waals surface area (Å²) in [7, 11) is 0. The van der Waals surface area contributed by atoms with Crippen LogP contribution in [-0.4, -0.2) is 0 Å². The van der Waals surface area contributed by atoms with Crippen molar-refractivity contribution in [2.75, 3.05) is 0 Å². The van der Waals surface area contributed by atoms with Gasteiger partial charge in [0.1, 0.15) is 0 Å². The van der Waals surface area contributed by atoms with Crippen molar-refractivity contribution in [2.45, 2.75) is 0 Å². The van der Waals surface area contributed by atoms with Crippen molar-refractivity contribution in [1.29, 1.82) is 0 Å². The van der Waals surface area contributed by atoms with Crippen LogP contribution in [0, 0.1) is 24.7 Å². The summed E-state index contributed by atoms with van der Waals surface area (Å²) >= 11 is 1.75. The summed E-state index contributed by atoms with van der Waals surface area (Å²) in [5.41, 5.74) is 1.83. The molecule has 0 spiro atoms. The first-order chi connectivity index (χ1) is 8.31. The highest BCUT2D eigenvalue weighted by Crippen LogP contribution is 2.34. The molecule has 0 saturated carbocycles. The minimum absolute atomic E-state index is 0.915. The molecule has 1 heterocycles. The predicted octanol–water partition coefficient (Wildman–Crippen LogP) is 4.02. The van der Waals surface area contributed by atoms with E-state index in [2.05, 4.69) is 36.1 Å². The molecular weight excluding hydrogens is 224 g/mol. The van der Waals surface area contributed by atoms with Gasteiger partial charge in [-0.1, -0.05) is 17.9 Å². The van der Waals surface area contributed by atoms with Crippen LogP contribution in [0.4, 0.5) is 0 Å². The van der Waals surface area contributed by atoms with Gasteiger partial charge in [0.15, 0.2) is 0 Å². The first-order valence-electron chi connectivity index (χ1n) is 5.21. The summed E-state index contributed by atoms with van der Waals surface area (Å²) in [4.78, 5) is 0. The summed E-state index contributed by atoms with van der Waals surface area (Å²) in [6.45, 7) is 0. The Balaban J connectivity index is 2.44. The Morgan fingerprint density at radius 3 is 2.24 bits per heavy atom. The fourth-order valence-corrected chi connectivity index (χ4v) is 3.08. The Hall–Kier alpha value is -2.22. The number of fused-ring (bicyclic) bond motifs is 3. The number of hydrogen-bond acceptors (Lipinski definition) is 1. The molecule has 0 aliphatic heterocycles. The van der Waals surface area contributed by atoms with Gasteiger partial charge >= 0.3 is 0 Å². The molecule has 78 valence electrons.